The van der Waals surface area contributed by atoms with Crippen LogP contribution < -0.4 is 5.73 Å². The number of benzene rings is 1. The molecule has 1 aromatic carbocycles. The molecule has 2 aromatic rings. The molecule has 3 heterocycles. The highest BCUT2D eigenvalue weighted by atomic mass is 16.5. The first-order valence-electron chi connectivity index (χ1n) is 11.0. The minimum absolute atomic E-state index is 0.164. The maximum absolute atomic E-state index is 13.3. The fourth-order valence-corrected chi connectivity index (χ4v) is 4.82. The van der Waals surface area contributed by atoms with Gasteiger partial charge in [0.05, 0.1) is 19.2 Å². The molecule has 2 fully saturated rings. The Balaban J connectivity index is 1.37. The van der Waals surface area contributed by atoms with Gasteiger partial charge in [-0.05, 0) is 63.8 Å². The first kappa shape index (κ1) is 20.7. The SMILES string of the molecule is CCOC(=O)CN1CCC[C@@H]1C(=O)N1CCC[C@H]1CCc1cc2ccc(N)cc2o1. The van der Waals surface area contributed by atoms with Gasteiger partial charge in [-0.15, -0.1) is 0 Å². The second kappa shape index (κ2) is 9.08. The summed E-state index contributed by atoms with van der Waals surface area (Å²) in [5.41, 5.74) is 7.34. The van der Waals surface area contributed by atoms with Gasteiger partial charge < -0.3 is 19.8 Å². The van der Waals surface area contributed by atoms with Crippen molar-refractivity contribution >= 4 is 28.5 Å². The zero-order chi connectivity index (χ0) is 21.1. The molecule has 0 saturated carbocycles. The molecule has 0 aliphatic carbocycles. The Morgan fingerprint density at radius 2 is 2.03 bits per heavy atom. The molecule has 2 N–H and O–H groups in total. The Bertz CT molecular complexity index is 909. The lowest BCUT2D eigenvalue weighted by Gasteiger charge is -2.31. The van der Waals surface area contributed by atoms with E-state index in [0.717, 1.165) is 68.3 Å². The average Bonchev–Trinajstić information content (AvgIpc) is 3.45. The van der Waals surface area contributed by atoms with E-state index in [1.807, 2.05) is 28.0 Å². The highest BCUT2D eigenvalue weighted by Gasteiger charge is 2.38. The number of likely N-dealkylation sites (tertiary alicyclic amines) is 2. The lowest BCUT2D eigenvalue weighted by Crippen LogP contribution is -2.48. The van der Waals surface area contributed by atoms with Crippen LogP contribution in [0.5, 0.6) is 0 Å². The smallest absolute Gasteiger partial charge is 0.320 e. The van der Waals surface area contributed by atoms with Gasteiger partial charge in [0, 0.05) is 36.1 Å². The van der Waals surface area contributed by atoms with Crippen LogP contribution in [0.25, 0.3) is 11.0 Å². The van der Waals surface area contributed by atoms with E-state index in [0.29, 0.717) is 12.3 Å². The fraction of sp³-hybridized carbons (Fsp3) is 0.565. The van der Waals surface area contributed by atoms with E-state index in [2.05, 4.69) is 6.07 Å². The van der Waals surface area contributed by atoms with Crippen LogP contribution in [0.1, 0.15) is 44.8 Å². The van der Waals surface area contributed by atoms with Crippen molar-refractivity contribution in [3.63, 3.8) is 0 Å². The number of carbonyl (C=O) groups is 2. The average molecular weight is 414 g/mol. The molecule has 2 saturated heterocycles. The fourth-order valence-electron chi connectivity index (χ4n) is 4.82. The number of anilines is 1. The molecule has 0 unspecified atom stereocenters. The van der Waals surface area contributed by atoms with E-state index in [-0.39, 0.29) is 30.5 Å². The molecule has 2 atom stereocenters. The number of hydrogen-bond donors (Lipinski definition) is 1. The lowest BCUT2D eigenvalue weighted by molar-refractivity contribution is -0.146. The third kappa shape index (κ3) is 4.46. The van der Waals surface area contributed by atoms with Crippen molar-refractivity contribution in [1.82, 2.24) is 9.80 Å². The molecule has 7 nitrogen and oxygen atoms in total. The molecular formula is C23H31N3O4. The Morgan fingerprint density at radius 3 is 2.87 bits per heavy atom. The van der Waals surface area contributed by atoms with Crippen LogP contribution in [0.4, 0.5) is 5.69 Å². The van der Waals surface area contributed by atoms with E-state index in [1.54, 1.807) is 6.92 Å². The summed E-state index contributed by atoms with van der Waals surface area (Å²) in [6, 6.07) is 7.78. The summed E-state index contributed by atoms with van der Waals surface area (Å²) in [5, 5.41) is 1.05. The number of nitrogens with two attached hydrogens (primary N) is 1. The van der Waals surface area contributed by atoms with Crippen LogP contribution in [0, 0.1) is 0 Å². The van der Waals surface area contributed by atoms with Crippen molar-refractivity contribution in [2.24, 2.45) is 0 Å². The monoisotopic (exact) mass is 413 g/mol. The minimum Gasteiger partial charge on any atom is -0.465 e. The van der Waals surface area contributed by atoms with Gasteiger partial charge in [-0.2, -0.15) is 0 Å². The highest BCUT2D eigenvalue weighted by Crippen LogP contribution is 2.28. The summed E-state index contributed by atoms with van der Waals surface area (Å²) < 4.78 is 11.0. The predicted molar refractivity (Wildman–Crippen MR) is 115 cm³/mol. The predicted octanol–water partition coefficient (Wildman–Crippen LogP) is 2.97. The quantitative estimate of drug-likeness (QED) is 0.555. The minimum atomic E-state index is -0.249. The number of fused-ring (bicyclic) bond motifs is 1. The van der Waals surface area contributed by atoms with Gasteiger partial charge in [0.2, 0.25) is 5.91 Å². The van der Waals surface area contributed by atoms with Gasteiger partial charge in [0.15, 0.2) is 0 Å². The number of nitrogens with zero attached hydrogens (tertiary/aromatic N) is 2. The van der Waals surface area contributed by atoms with Gasteiger partial charge in [0.25, 0.3) is 0 Å². The Morgan fingerprint density at radius 1 is 1.20 bits per heavy atom. The van der Waals surface area contributed by atoms with Crippen molar-refractivity contribution in [2.45, 2.75) is 57.5 Å². The summed E-state index contributed by atoms with van der Waals surface area (Å²) in [6.45, 7) is 3.94. The number of furan rings is 1. The van der Waals surface area contributed by atoms with Crippen molar-refractivity contribution in [3.05, 3.63) is 30.0 Å². The number of esters is 1. The number of aryl methyl sites for hydroxylation is 1. The van der Waals surface area contributed by atoms with Crippen molar-refractivity contribution in [1.29, 1.82) is 0 Å². The Labute approximate surface area is 177 Å². The second-order valence-electron chi connectivity index (χ2n) is 8.31. The summed E-state index contributed by atoms with van der Waals surface area (Å²) in [5.74, 6) is 0.845. The van der Waals surface area contributed by atoms with Crippen LogP contribution in [0.15, 0.2) is 28.7 Å². The molecule has 4 rings (SSSR count). The van der Waals surface area contributed by atoms with Crippen LogP contribution in [-0.4, -0.2) is 60.0 Å². The van der Waals surface area contributed by atoms with E-state index in [1.165, 1.54) is 0 Å². The summed E-state index contributed by atoms with van der Waals surface area (Å²) >= 11 is 0. The van der Waals surface area contributed by atoms with Crippen molar-refractivity contribution < 1.29 is 18.7 Å². The van der Waals surface area contributed by atoms with E-state index in [9.17, 15) is 9.59 Å². The second-order valence-corrected chi connectivity index (χ2v) is 8.31. The Hall–Kier alpha value is -2.54. The molecule has 1 aromatic heterocycles. The molecule has 2 aliphatic heterocycles. The molecule has 0 bridgehead atoms. The lowest BCUT2D eigenvalue weighted by atomic mass is 10.1. The molecule has 7 heteroatoms. The number of ether oxygens (including phenoxy) is 1. The standard InChI is InChI=1S/C23H31N3O4/c1-2-29-22(27)15-25-11-4-6-20(25)23(28)26-12-3-5-18(26)9-10-19-13-16-7-8-17(24)14-21(16)30-19/h7-8,13-14,18,20H,2-6,9-12,15,24H2,1H3/t18-,20+/m0/s1. The van der Waals surface area contributed by atoms with Gasteiger partial charge in [0.1, 0.15) is 11.3 Å². The maximum atomic E-state index is 13.3. The van der Waals surface area contributed by atoms with Gasteiger partial charge in [-0.25, -0.2) is 0 Å². The van der Waals surface area contributed by atoms with Gasteiger partial charge >= 0.3 is 5.97 Å². The zero-order valence-electron chi connectivity index (χ0n) is 17.6. The molecule has 30 heavy (non-hydrogen) atoms. The van der Waals surface area contributed by atoms with Crippen molar-refractivity contribution in [2.75, 3.05) is 32.0 Å². The molecular weight excluding hydrogens is 382 g/mol. The van der Waals surface area contributed by atoms with Crippen molar-refractivity contribution in [3.8, 4) is 0 Å². The normalized spacial score (nSPS) is 22.1. The third-order valence-corrected chi connectivity index (χ3v) is 6.27. The molecule has 2 aliphatic rings. The molecule has 1 amide bonds. The number of nitrogen functional groups attached to an aromatic ring is 1. The van der Waals surface area contributed by atoms with E-state index in [4.69, 9.17) is 14.9 Å². The first-order valence-corrected chi connectivity index (χ1v) is 11.0. The molecule has 0 spiro atoms. The third-order valence-electron chi connectivity index (χ3n) is 6.27. The van der Waals surface area contributed by atoms with Crippen LogP contribution in [-0.2, 0) is 20.7 Å². The van der Waals surface area contributed by atoms with E-state index < -0.39 is 0 Å². The Kier molecular flexibility index (Phi) is 6.27. The number of carbonyl (C=O) groups excluding carboxylic acids is 2. The topological polar surface area (TPSA) is 89.0 Å². The summed E-state index contributed by atoms with van der Waals surface area (Å²) in [6.07, 6.45) is 5.47. The highest BCUT2D eigenvalue weighted by molar-refractivity contribution is 5.84. The summed E-state index contributed by atoms with van der Waals surface area (Å²) in [4.78, 5) is 29.2. The van der Waals surface area contributed by atoms with Gasteiger partial charge in [-0.3, -0.25) is 14.5 Å². The van der Waals surface area contributed by atoms with Gasteiger partial charge in [-0.1, -0.05) is 0 Å². The van der Waals surface area contributed by atoms with E-state index >= 15 is 0 Å². The largest absolute Gasteiger partial charge is 0.465 e. The molecule has 162 valence electrons. The maximum Gasteiger partial charge on any atom is 0.320 e. The number of hydrogen-bond acceptors (Lipinski definition) is 6. The number of amides is 1. The molecule has 0 radical (unpaired) electrons. The summed E-state index contributed by atoms with van der Waals surface area (Å²) in [7, 11) is 0. The van der Waals surface area contributed by atoms with Crippen LogP contribution in [0.3, 0.4) is 0 Å². The van der Waals surface area contributed by atoms with Crippen LogP contribution in [0.2, 0.25) is 0 Å². The first-order chi connectivity index (χ1) is 14.5. The number of rotatable bonds is 7. The van der Waals surface area contributed by atoms with Crippen LogP contribution >= 0.6 is 0 Å². The zero-order valence-corrected chi connectivity index (χ0v) is 17.6.